The van der Waals surface area contributed by atoms with Crippen LogP contribution in [0.1, 0.15) is 33.1 Å². The predicted octanol–water partition coefficient (Wildman–Crippen LogP) is 2.41. The van der Waals surface area contributed by atoms with Crippen LogP contribution in [0, 0.1) is 0 Å². The van der Waals surface area contributed by atoms with Gasteiger partial charge in [0.25, 0.3) is 0 Å². The van der Waals surface area contributed by atoms with Gasteiger partial charge in [-0.25, -0.2) is 0 Å². The first-order valence-electron chi connectivity index (χ1n) is 5.11. The number of thioether (sulfide) groups is 1. The zero-order chi connectivity index (χ0) is 10.6. The number of rotatable bonds is 4. The number of halogens is 1. The molecule has 1 amide bonds. The molecule has 0 spiro atoms. The van der Waals surface area contributed by atoms with Crippen molar-refractivity contribution in [1.82, 2.24) is 5.32 Å². The third-order valence-electron chi connectivity index (χ3n) is 2.53. The first kappa shape index (κ1) is 12.2. The highest BCUT2D eigenvalue weighted by Gasteiger charge is 2.36. The van der Waals surface area contributed by atoms with Crippen LogP contribution in [-0.4, -0.2) is 28.3 Å². The number of carbonyl (C=O) groups is 1. The first-order valence-corrected chi connectivity index (χ1v) is 6.53. The van der Waals surface area contributed by atoms with E-state index in [1.54, 1.807) is 11.8 Å². The molecule has 14 heavy (non-hydrogen) atoms. The second-order valence-corrected chi connectivity index (χ2v) is 6.35. The monoisotopic (exact) mass is 235 g/mol. The van der Waals surface area contributed by atoms with Crippen LogP contribution in [0.3, 0.4) is 0 Å². The van der Waals surface area contributed by atoms with Gasteiger partial charge in [0, 0.05) is 11.9 Å². The maximum Gasteiger partial charge on any atom is 0.235 e. The summed E-state index contributed by atoms with van der Waals surface area (Å²) in [4.78, 5) is 11.8. The summed E-state index contributed by atoms with van der Waals surface area (Å²) in [5.41, 5.74) is 0. The molecule has 2 unspecified atom stereocenters. The van der Waals surface area contributed by atoms with Gasteiger partial charge < -0.3 is 5.32 Å². The molecule has 4 heteroatoms. The third kappa shape index (κ3) is 3.35. The minimum absolute atomic E-state index is 0.138. The number of carbonyl (C=O) groups excluding carboxylic acids is 1. The van der Waals surface area contributed by atoms with Crippen LogP contribution < -0.4 is 5.32 Å². The van der Waals surface area contributed by atoms with Crippen LogP contribution >= 0.6 is 23.4 Å². The Morgan fingerprint density at radius 1 is 1.71 bits per heavy atom. The lowest BCUT2D eigenvalue weighted by Crippen LogP contribution is -2.41. The van der Waals surface area contributed by atoms with E-state index in [-0.39, 0.29) is 16.0 Å². The van der Waals surface area contributed by atoms with Crippen molar-refractivity contribution in [1.29, 1.82) is 0 Å². The maximum absolute atomic E-state index is 11.8. The van der Waals surface area contributed by atoms with Crippen molar-refractivity contribution < 1.29 is 4.79 Å². The first-order chi connectivity index (χ1) is 6.54. The molecule has 0 aromatic carbocycles. The Morgan fingerprint density at radius 2 is 2.43 bits per heavy atom. The van der Waals surface area contributed by atoms with Gasteiger partial charge in [-0.3, -0.25) is 4.79 Å². The number of hydrogen-bond donors (Lipinski definition) is 1. The number of nitrogens with one attached hydrogen (secondary N) is 1. The Morgan fingerprint density at radius 3 is 2.93 bits per heavy atom. The molecule has 1 aliphatic heterocycles. The highest BCUT2D eigenvalue weighted by atomic mass is 35.5. The molecule has 1 saturated heterocycles. The van der Waals surface area contributed by atoms with Crippen molar-refractivity contribution in [2.45, 2.75) is 43.2 Å². The Balaban J connectivity index is 2.27. The molecular formula is C10H18ClNOS. The average molecular weight is 236 g/mol. The number of amides is 1. The zero-order valence-corrected chi connectivity index (χ0v) is 10.4. The summed E-state index contributed by atoms with van der Waals surface area (Å²) in [6, 6.07) is 0. The molecule has 2 atom stereocenters. The molecule has 82 valence electrons. The van der Waals surface area contributed by atoms with Gasteiger partial charge in [0.1, 0.15) is 0 Å². The van der Waals surface area contributed by atoms with Crippen molar-refractivity contribution in [3.05, 3.63) is 0 Å². The summed E-state index contributed by atoms with van der Waals surface area (Å²) in [5.74, 6) is 1.29. The van der Waals surface area contributed by atoms with E-state index in [0.717, 1.165) is 25.0 Å². The van der Waals surface area contributed by atoms with Crippen molar-refractivity contribution in [2.75, 3.05) is 12.3 Å². The molecule has 0 bridgehead atoms. The van der Waals surface area contributed by atoms with E-state index >= 15 is 0 Å². The lowest BCUT2D eigenvalue weighted by molar-refractivity contribution is -0.123. The van der Waals surface area contributed by atoms with Crippen LogP contribution in [0.15, 0.2) is 0 Å². The maximum atomic E-state index is 11.8. The van der Waals surface area contributed by atoms with Gasteiger partial charge in [-0.05, 0) is 38.9 Å². The Bertz CT molecular complexity index is 202. The van der Waals surface area contributed by atoms with Crippen LogP contribution in [0.5, 0.6) is 0 Å². The molecule has 0 aromatic heterocycles. The summed E-state index contributed by atoms with van der Waals surface area (Å²) in [6.45, 7) is 4.67. The molecule has 1 N–H and O–H groups in total. The summed E-state index contributed by atoms with van der Waals surface area (Å²) in [6.07, 6.45) is 2.99. The Hall–Kier alpha value is 0.110. The summed E-state index contributed by atoms with van der Waals surface area (Å²) in [7, 11) is 0. The largest absolute Gasteiger partial charge is 0.355 e. The molecule has 1 heterocycles. The van der Waals surface area contributed by atoms with Crippen molar-refractivity contribution in [3.8, 4) is 0 Å². The fourth-order valence-electron chi connectivity index (χ4n) is 1.53. The second kappa shape index (κ2) is 5.26. The van der Waals surface area contributed by atoms with Gasteiger partial charge in [-0.15, -0.1) is 23.4 Å². The van der Waals surface area contributed by atoms with E-state index in [1.807, 2.05) is 13.8 Å². The van der Waals surface area contributed by atoms with E-state index in [0.29, 0.717) is 6.54 Å². The molecule has 1 aliphatic rings. The van der Waals surface area contributed by atoms with E-state index in [2.05, 4.69) is 5.32 Å². The predicted molar refractivity (Wildman–Crippen MR) is 63.0 cm³/mol. The number of hydrogen-bond acceptors (Lipinski definition) is 2. The molecule has 0 saturated carbocycles. The molecule has 0 aliphatic carbocycles. The van der Waals surface area contributed by atoms with E-state index in [4.69, 9.17) is 11.6 Å². The minimum Gasteiger partial charge on any atom is -0.355 e. The lowest BCUT2D eigenvalue weighted by atomic mass is 10.0. The molecule has 2 nitrogen and oxygen atoms in total. The Kier molecular flexibility index (Phi) is 4.58. The molecule has 0 aromatic rings. The van der Waals surface area contributed by atoms with Gasteiger partial charge in [-0.1, -0.05) is 0 Å². The molecule has 1 rings (SSSR count). The molecular weight excluding hydrogens is 218 g/mol. The van der Waals surface area contributed by atoms with E-state index < -0.39 is 0 Å². The van der Waals surface area contributed by atoms with Crippen LogP contribution in [0.2, 0.25) is 0 Å². The summed E-state index contributed by atoms with van der Waals surface area (Å²) in [5, 5.41) is 3.09. The topological polar surface area (TPSA) is 29.1 Å². The van der Waals surface area contributed by atoms with E-state index in [9.17, 15) is 4.79 Å². The Labute approximate surface area is 95.2 Å². The van der Waals surface area contributed by atoms with Crippen molar-refractivity contribution in [2.24, 2.45) is 0 Å². The van der Waals surface area contributed by atoms with E-state index in [1.165, 1.54) is 0 Å². The van der Waals surface area contributed by atoms with Gasteiger partial charge in [0.15, 0.2) is 0 Å². The summed E-state index contributed by atoms with van der Waals surface area (Å²) >= 11 is 7.57. The third-order valence-corrected chi connectivity index (χ3v) is 4.26. The van der Waals surface area contributed by atoms with Crippen LogP contribution in [-0.2, 0) is 4.79 Å². The fourth-order valence-corrected chi connectivity index (χ4v) is 2.87. The standard InChI is InChI=1S/C10H18ClNOS/c1-8(11)4-6-12-9(13)10(2)5-3-7-14-10/h8H,3-7H2,1-2H3,(H,12,13). The minimum atomic E-state index is -0.185. The average Bonchev–Trinajstić information content (AvgIpc) is 2.52. The quantitative estimate of drug-likeness (QED) is 0.759. The number of alkyl halides is 1. The van der Waals surface area contributed by atoms with Crippen molar-refractivity contribution in [3.63, 3.8) is 0 Å². The highest BCUT2D eigenvalue weighted by Crippen LogP contribution is 2.37. The van der Waals surface area contributed by atoms with Crippen LogP contribution in [0.25, 0.3) is 0 Å². The molecule has 1 fully saturated rings. The highest BCUT2D eigenvalue weighted by molar-refractivity contribution is 8.01. The normalized spacial score (nSPS) is 28.8. The van der Waals surface area contributed by atoms with Crippen molar-refractivity contribution >= 4 is 29.3 Å². The second-order valence-electron chi connectivity index (χ2n) is 4.01. The van der Waals surface area contributed by atoms with Crippen LogP contribution in [0.4, 0.5) is 0 Å². The lowest BCUT2D eigenvalue weighted by Gasteiger charge is -2.21. The van der Waals surface area contributed by atoms with Gasteiger partial charge in [0.2, 0.25) is 5.91 Å². The smallest absolute Gasteiger partial charge is 0.235 e. The summed E-state index contributed by atoms with van der Waals surface area (Å²) < 4.78 is -0.185. The van der Waals surface area contributed by atoms with Gasteiger partial charge >= 0.3 is 0 Å². The fraction of sp³-hybridized carbons (Fsp3) is 0.900. The van der Waals surface area contributed by atoms with Gasteiger partial charge in [-0.2, -0.15) is 0 Å². The van der Waals surface area contributed by atoms with Gasteiger partial charge in [0.05, 0.1) is 4.75 Å². The zero-order valence-electron chi connectivity index (χ0n) is 8.81. The molecule has 0 radical (unpaired) electrons. The SMILES string of the molecule is CC(Cl)CCNC(=O)C1(C)CCCS1.